The van der Waals surface area contributed by atoms with Crippen LogP contribution >= 0.6 is 11.6 Å². The number of ether oxygens (including phenoxy) is 1. The molecule has 0 saturated carbocycles. The van der Waals surface area contributed by atoms with Gasteiger partial charge in [-0.3, -0.25) is 4.90 Å². The number of halogens is 1. The first-order chi connectivity index (χ1) is 12.1. The fourth-order valence-corrected chi connectivity index (χ4v) is 2.81. The van der Waals surface area contributed by atoms with Crippen LogP contribution in [0.15, 0.2) is 53.1 Å². The summed E-state index contributed by atoms with van der Waals surface area (Å²) in [6.45, 7) is 1.34. The average Bonchev–Trinajstić information content (AvgIpc) is 3.04. The number of hydrogen-bond acceptors (Lipinski definition) is 5. The minimum absolute atomic E-state index is 0.558. The van der Waals surface area contributed by atoms with Crippen molar-refractivity contribution in [1.29, 1.82) is 0 Å². The molecule has 0 radical (unpaired) electrons. The number of benzene rings is 2. The minimum Gasteiger partial charge on any atom is -0.497 e. The van der Waals surface area contributed by atoms with E-state index in [0.29, 0.717) is 29.7 Å². The summed E-state index contributed by atoms with van der Waals surface area (Å²) in [5.41, 5.74) is 2.15. The van der Waals surface area contributed by atoms with Crippen LogP contribution < -0.4 is 4.74 Å². The molecule has 0 aliphatic carbocycles. The molecule has 0 spiro atoms. The summed E-state index contributed by atoms with van der Waals surface area (Å²) < 4.78 is 10.6. The summed E-state index contributed by atoms with van der Waals surface area (Å²) in [7, 11) is 3.68. The van der Waals surface area contributed by atoms with E-state index in [4.69, 9.17) is 20.9 Å². The summed E-state index contributed by atoms with van der Waals surface area (Å²) in [6.07, 6.45) is 0.558. The molecule has 2 aromatic carbocycles. The monoisotopic (exact) mass is 357 g/mol. The Balaban J connectivity index is 1.60. The van der Waals surface area contributed by atoms with Gasteiger partial charge in [-0.2, -0.15) is 4.98 Å². The molecule has 0 aliphatic heterocycles. The first kappa shape index (κ1) is 17.5. The molecule has 1 heterocycles. The molecule has 0 amide bonds. The Morgan fingerprint density at radius 1 is 1.12 bits per heavy atom. The van der Waals surface area contributed by atoms with Gasteiger partial charge in [0.2, 0.25) is 5.89 Å². The van der Waals surface area contributed by atoms with Crippen molar-refractivity contribution in [1.82, 2.24) is 15.0 Å². The molecular formula is C19H20ClN3O2. The molecule has 5 nitrogen and oxygen atoms in total. The standard InChI is InChI=1S/C19H20ClN3O2/c1-23(12-14-6-5-8-16(10-14)24-2)13-19-21-18(22-25-19)11-15-7-3-4-9-17(15)20/h3-10H,11-13H2,1-2H3. The van der Waals surface area contributed by atoms with Gasteiger partial charge in [0.05, 0.1) is 13.7 Å². The average molecular weight is 358 g/mol. The molecule has 0 bridgehead atoms. The van der Waals surface area contributed by atoms with E-state index >= 15 is 0 Å². The largest absolute Gasteiger partial charge is 0.497 e. The zero-order valence-corrected chi connectivity index (χ0v) is 15.0. The van der Waals surface area contributed by atoms with Crippen LogP contribution in [0.1, 0.15) is 22.8 Å². The van der Waals surface area contributed by atoms with Gasteiger partial charge in [0.1, 0.15) is 5.75 Å². The number of aromatic nitrogens is 2. The number of rotatable bonds is 7. The zero-order chi connectivity index (χ0) is 17.6. The van der Waals surface area contributed by atoms with Crippen LogP contribution in [0.3, 0.4) is 0 Å². The van der Waals surface area contributed by atoms with Crippen molar-refractivity contribution in [2.24, 2.45) is 0 Å². The lowest BCUT2D eigenvalue weighted by Crippen LogP contribution is -2.17. The maximum absolute atomic E-state index is 6.18. The third-order valence-electron chi connectivity index (χ3n) is 3.81. The van der Waals surface area contributed by atoms with Crippen LogP contribution in [0.5, 0.6) is 5.75 Å². The van der Waals surface area contributed by atoms with Crippen molar-refractivity contribution < 1.29 is 9.26 Å². The van der Waals surface area contributed by atoms with E-state index in [1.165, 1.54) is 0 Å². The molecule has 6 heteroatoms. The van der Waals surface area contributed by atoms with Gasteiger partial charge in [-0.1, -0.05) is 47.1 Å². The van der Waals surface area contributed by atoms with Gasteiger partial charge in [-0.15, -0.1) is 0 Å². The van der Waals surface area contributed by atoms with Crippen LogP contribution in [0, 0.1) is 0 Å². The van der Waals surface area contributed by atoms with E-state index < -0.39 is 0 Å². The van der Waals surface area contributed by atoms with Crippen molar-refractivity contribution in [3.63, 3.8) is 0 Å². The van der Waals surface area contributed by atoms with E-state index in [1.54, 1.807) is 7.11 Å². The van der Waals surface area contributed by atoms with E-state index in [1.807, 2.05) is 49.5 Å². The smallest absolute Gasteiger partial charge is 0.240 e. The molecule has 0 saturated heterocycles. The molecule has 25 heavy (non-hydrogen) atoms. The first-order valence-corrected chi connectivity index (χ1v) is 8.38. The van der Waals surface area contributed by atoms with Crippen LogP contribution in [0.2, 0.25) is 5.02 Å². The summed E-state index contributed by atoms with van der Waals surface area (Å²) >= 11 is 6.18. The van der Waals surface area contributed by atoms with Crippen LogP contribution in [0.25, 0.3) is 0 Å². The number of nitrogens with zero attached hydrogens (tertiary/aromatic N) is 3. The molecule has 130 valence electrons. The van der Waals surface area contributed by atoms with Crippen molar-refractivity contribution in [3.05, 3.63) is 76.4 Å². The van der Waals surface area contributed by atoms with Crippen LogP contribution in [0.4, 0.5) is 0 Å². The second-order valence-corrected chi connectivity index (χ2v) is 6.30. The highest BCUT2D eigenvalue weighted by atomic mass is 35.5. The van der Waals surface area contributed by atoms with Gasteiger partial charge in [-0.25, -0.2) is 0 Å². The maximum atomic E-state index is 6.18. The maximum Gasteiger partial charge on any atom is 0.240 e. The Morgan fingerprint density at radius 2 is 1.96 bits per heavy atom. The van der Waals surface area contributed by atoms with Crippen molar-refractivity contribution in [3.8, 4) is 5.75 Å². The summed E-state index contributed by atoms with van der Waals surface area (Å²) in [5, 5.41) is 4.76. The summed E-state index contributed by atoms with van der Waals surface area (Å²) in [4.78, 5) is 6.57. The Morgan fingerprint density at radius 3 is 2.76 bits per heavy atom. The van der Waals surface area contributed by atoms with Gasteiger partial charge >= 0.3 is 0 Å². The van der Waals surface area contributed by atoms with Gasteiger partial charge in [-0.05, 0) is 36.4 Å². The lowest BCUT2D eigenvalue weighted by Gasteiger charge is -2.14. The minimum atomic E-state index is 0.558. The molecule has 1 aromatic heterocycles. The van der Waals surface area contributed by atoms with E-state index in [-0.39, 0.29) is 0 Å². The van der Waals surface area contributed by atoms with Crippen molar-refractivity contribution in [2.45, 2.75) is 19.5 Å². The Kier molecular flexibility index (Phi) is 5.68. The molecule has 0 atom stereocenters. The highest BCUT2D eigenvalue weighted by Gasteiger charge is 2.11. The molecule has 0 unspecified atom stereocenters. The van der Waals surface area contributed by atoms with Gasteiger partial charge in [0.15, 0.2) is 5.82 Å². The highest BCUT2D eigenvalue weighted by molar-refractivity contribution is 6.31. The lowest BCUT2D eigenvalue weighted by molar-refractivity contribution is 0.260. The molecule has 3 aromatic rings. The fourth-order valence-electron chi connectivity index (χ4n) is 2.61. The normalized spacial score (nSPS) is 11.0. The molecule has 3 rings (SSSR count). The molecule has 0 aliphatic rings. The highest BCUT2D eigenvalue weighted by Crippen LogP contribution is 2.18. The number of hydrogen-bond donors (Lipinski definition) is 0. The van der Waals surface area contributed by atoms with E-state index in [2.05, 4.69) is 21.1 Å². The fraction of sp³-hybridized carbons (Fsp3) is 0.263. The van der Waals surface area contributed by atoms with Crippen LogP contribution in [-0.4, -0.2) is 29.2 Å². The van der Waals surface area contributed by atoms with Gasteiger partial charge in [0.25, 0.3) is 0 Å². The Labute approximate surface area is 152 Å². The SMILES string of the molecule is COc1cccc(CN(C)Cc2nc(Cc3ccccc3Cl)no2)c1. The van der Waals surface area contributed by atoms with Gasteiger partial charge in [0, 0.05) is 18.0 Å². The molecular weight excluding hydrogens is 338 g/mol. The topological polar surface area (TPSA) is 51.4 Å². The van der Waals surface area contributed by atoms with Crippen LogP contribution in [-0.2, 0) is 19.5 Å². The van der Waals surface area contributed by atoms with Gasteiger partial charge < -0.3 is 9.26 Å². The second kappa shape index (κ2) is 8.14. The first-order valence-electron chi connectivity index (χ1n) is 8.00. The predicted molar refractivity (Wildman–Crippen MR) is 96.7 cm³/mol. The zero-order valence-electron chi connectivity index (χ0n) is 14.3. The summed E-state index contributed by atoms with van der Waals surface area (Å²) in [5.74, 6) is 2.08. The Hall–Kier alpha value is -2.37. The molecule has 0 fully saturated rings. The third kappa shape index (κ3) is 4.81. The summed E-state index contributed by atoms with van der Waals surface area (Å²) in [6, 6.07) is 15.7. The quantitative estimate of drug-likeness (QED) is 0.640. The predicted octanol–water partition coefficient (Wildman–Crippen LogP) is 3.95. The Bertz CT molecular complexity index is 835. The molecule has 0 N–H and O–H groups in total. The van der Waals surface area contributed by atoms with E-state index in [0.717, 1.165) is 23.4 Å². The van der Waals surface area contributed by atoms with Crippen molar-refractivity contribution in [2.75, 3.05) is 14.2 Å². The number of methoxy groups -OCH3 is 1. The third-order valence-corrected chi connectivity index (χ3v) is 4.18. The van der Waals surface area contributed by atoms with E-state index in [9.17, 15) is 0 Å². The lowest BCUT2D eigenvalue weighted by atomic mass is 10.1. The second-order valence-electron chi connectivity index (χ2n) is 5.90. The van der Waals surface area contributed by atoms with Crippen molar-refractivity contribution >= 4 is 11.6 Å².